The molecule has 0 saturated carbocycles. The molecule has 0 aliphatic carbocycles. The number of β-amino-alcohol motifs (C(OH)–C–C–N with tert-alkyl or cyclic N) is 1. The number of amides is 1. The normalized spacial score (nSPS) is 24.6. The number of likely N-dealkylation sites (tertiary alicyclic amines) is 1. The van der Waals surface area contributed by atoms with E-state index in [0.717, 1.165) is 25.0 Å². The Labute approximate surface area is 142 Å². The summed E-state index contributed by atoms with van der Waals surface area (Å²) in [6.45, 7) is 2.38. The number of nitrogens with zero attached hydrogens (tertiary/aromatic N) is 2. The molecule has 2 aliphatic rings. The lowest BCUT2D eigenvalue weighted by Crippen LogP contribution is -2.42. The highest BCUT2D eigenvalue weighted by Gasteiger charge is 2.35. The minimum atomic E-state index is -3.42. The molecule has 1 aromatic rings. The molecule has 2 N–H and O–H groups in total. The van der Waals surface area contributed by atoms with E-state index in [-0.39, 0.29) is 19.0 Å². The van der Waals surface area contributed by atoms with Crippen LogP contribution in [0, 0.1) is 0 Å². The number of aliphatic hydroxyl groups is 1. The fraction of sp³-hybridized carbons (Fsp3) is 0.562. The van der Waals surface area contributed by atoms with E-state index in [2.05, 4.69) is 9.62 Å². The second kappa shape index (κ2) is 6.70. The Balaban J connectivity index is 1.66. The number of anilines is 1. The standard InChI is InChI=1S/C16H23N3O4S/c1-24(22,23)17-14-10-19(11-15(14)20)16(21)12-4-6-13(7-5-12)18-8-2-3-9-18/h4-7,14-15,17,20H,2-3,8-11H2,1H3/t14-,15-/m1/s1. The molecule has 132 valence electrons. The molecule has 2 atom stereocenters. The number of rotatable bonds is 4. The van der Waals surface area contributed by atoms with Gasteiger partial charge in [-0.25, -0.2) is 13.1 Å². The molecule has 0 bridgehead atoms. The minimum absolute atomic E-state index is 0.125. The Bertz CT molecular complexity index is 699. The highest BCUT2D eigenvalue weighted by molar-refractivity contribution is 7.88. The van der Waals surface area contributed by atoms with Crippen molar-refractivity contribution >= 4 is 21.6 Å². The summed E-state index contributed by atoms with van der Waals surface area (Å²) in [5.41, 5.74) is 1.66. The van der Waals surface area contributed by atoms with E-state index in [9.17, 15) is 18.3 Å². The molecule has 1 amide bonds. The zero-order valence-electron chi connectivity index (χ0n) is 13.7. The van der Waals surface area contributed by atoms with E-state index >= 15 is 0 Å². The van der Waals surface area contributed by atoms with Crippen LogP contribution in [-0.2, 0) is 10.0 Å². The first kappa shape index (κ1) is 17.2. The summed E-state index contributed by atoms with van der Waals surface area (Å²) < 4.78 is 25.0. The molecular weight excluding hydrogens is 330 g/mol. The van der Waals surface area contributed by atoms with Crippen LogP contribution < -0.4 is 9.62 Å². The number of sulfonamides is 1. The van der Waals surface area contributed by atoms with Gasteiger partial charge in [-0.2, -0.15) is 0 Å². The van der Waals surface area contributed by atoms with Crippen LogP contribution >= 0.6 is 0 Å². The molecule has 2 fully saturated rings. The third-order valence-electron chi connectivity index (χ3n) is 4.53. The van der Waals surface area contributed by atoms with E-state index in [0.29, 0.717) is 5.56 Å². The van der Waals surface area contributed by atoms with Gasteiger partial charge in [-0.3, -0.25) is 4.79 Å². The van der Waals surface area contributed by atoms with Crippen LogP contribution in [0.25, 0.3) is 0 Å². The number of aliphatic hydroxyl groups excluding tert-OH is 1. The topological polar surface area (TPSA) is 90.0 Å². The predicted octanol–water partition coefficient (Wildman–Crippen LogP) is 0.0213. The molecule has 0 spiro atoms. The molecule has 2 aliphatic heterocycles. The van der Waals surface area contributed by atoms with E-state index in [4.69, 9.17) is 0 Å². The second-order valence-corrected chi connectivity index (χ2v) is 8.30. The molecule has 0 unspecified atom stereocenters. The van der Waals surface area contributed by atoms with Gasteiger partial charge < -0.3 is 14.9 Å². The Morgan fingerprint density at radius 1 is 1.17 bits per heavy atom. The largest absolute Gasteiger partial charge is 0.390 e. The van der Waals surface area contributed by atoms with Crippen molar-refractivity contribution in [3.05, 3.63) is 29.8 Å². The van der Waals surface area contributed by atoms with Crippen molar-refractivity contribution in [1.29, 1.82) is 0 Å². The Morgan fingerprint density at radius 3 is 2.38 bits per heavy atom. The van der Waals surface area contributed by atoms with Gasteiger partial charge in [0, 0.05) is 37.4 Å². The van der Waals surface area contributed by atoms with Gasteiger partial charge in [0.2, 0.25) is 10.0 Å². The van der Waals surface area contributed by atoms with E-state index in [1.54, 1.807) is 12.1 Å². The molecule has 2 heterocycles. The van der Waals surface area contributed by atoms with Gasteiger partial charge in [-0.05, 0) is 37.1 Å². The third-order valence-corrected chi connectivity index (χ3v) is 5.26. The number of hydrogen-bond acceptors (Lipinski definition) is 5. The molecule has 7 nitrogen and oxygen atoms in total. The lowest BCUT2D eigenvalue weighted by molar-refractivity contribution is 0.0765. The lowest BCUT2D eigenvalue weighted by atomic mass is 10.1. The van der Waals surface area contributed by atoms with Crippen molar-refractivity contribution < 1.29 is 18.3 Å². The SMILES string of the molecule is CS(=O)(=O)N[C@@H]1CN(C(=O)c2ccc(N3CCCC3)cc2)C[C@H]1O. The summed E-state index contributed by atoms with van der Waals surface area (Å²) in [5, 5.41) is 9.98. The van der Waals surface area contributed by atoms with Crippen LogP contribution in [0.15, 0.2) is 24.3 Å². The Hall–Kier alpha value is -1.64. The average molecular weight is 353 g/mol. The fourth-order valence-electron chi connectivity index (χ4n) is 3.32. The highest BCUT2D eigenvalue weighted by atomic mass is 32.2. The van der Waals surface area contributed by atoms with Crippen LogP contribution in [0.2, 0.25) is 0 Å². The first-order valence-electron chi connectivity index (χ1n) is 8.13. The van der Waals surface area contributed by atoms with Crippen LogP contribution in [0.4, 0.5) is 5.69 Å². The van der Waals surface area contributed by atoms with Crippen LogP contribution in [-0.4, -0.2) is 68.9 Å². The van der Waals surface area contributed by atoms with Crippen LogP contribution in [0.3, 0.4) is 0 Å². The first-order valence-corrected chi connectivity index (χ1v) is 10.0. The monoisotopic (exact) mass is 353 g/mol. The molecule has 2 saturated heterocycles. The summed E-state index contributed by atoms with van der Waals surface area (Å²) in [4.78, 5) is 16.3. The number of carbonyl (C=O) groups excluding carboxylic acids is 1. The van der Waals surface area contributed by atoms with Crippen molar-refractivity contribution in [2.75, 3.05) is 37.3 Å². The van der Waals surface area contributed by atoms with Crippen molar-refractivity contribution in [3.8, 4) is 0 Å². The van der Waals surface area contributed by atoms with Crippen LogP contribution in [0.5, 0.6) is 0 Å². The molecule has 3 rings (SSSR count). The first-order chi connectivity index (χ1) is 11.3. The number of nitrogens with one attached hydrogen (secondary N) is 1. The zero-order valence-corrected chi connectivity index (χ0v) is 14.5. The van der Waals surface area contributed by atoms with E-state index < -0.39 is 22.2 Å². The maximum Gasteiger partial charge on any atom is 0.254 e. The molecule has 8 heteroatoms. The lowest BCUT2D eigenvalue weighted by Gasteiger charge is -2.19. The Kier molecular flexibility index (Phi) is 4.80. The molecular formula is C16H23N3O4S. The minimum Gasteiger partial charge on any atom is -0.390 e. The quantitative estimate of drug-likeness (QED) is 0.797. The smallest absolute Gasteiger partial charge is 0.254 e. The van der Waals surface area contributed by atoms with Gasteiger partial charge in [0.25, 0.3) is 5.91 Å². The summed E-state index contributed by atoms with van der Waals surface area (Å²) in [6.07, 6.45) is 2.54. The van der Waals surface area contributed by atoms with Crippen molar-refractivity contribution in [1.82, 2.24) is 9.62 Å². The van der Waals surface area contributed by atoms with E-state index in [1.807, 2.05) is 12.1 Å². The summed E-state index contributed by atoms with van der Waals surface area (Å²) in [6, 6.07) is 6.81. The molecule has 1 aromatic carbocycles. The highest BCUT2D eigenvalue weighted by Crippen LogP contribution is 2.22. The number of hydrogen-bond donors (Lipinski definition) is 2. The summed E-state index contributed by atoms with van der Waals surface area (Å²) >= 11 is 0. The van der Waals surface area contributed by atoms with Gasteiger partial charge in [0.1, 0.15) is 0 Å². The van der Waals surface area contributed by atoms with Gasteiger partial charge >= 0.3 is 0 Å². The number of benzene rings is 1. The van der Waals surface area contributed by atoms with Gasteiger partial charge in [0.05, 0.1) is 18.4 Å². The van der Waals surface area contributed by atoms with Gasteiger partial charge in [-0.1, -0.05) is 0 Å². The van der Waals surface area contributed by atoms with Gasteiger partial charge in [-0.15, -0.1) is 0 Å². The molecule has 0 aromatic heterocycles. The summed E-state index contributed by atoms with van der Waals surface area (Å²) in [5.74, 6) is -0.195. The fourth-order valence-corrected chi connectivity index (χ4v) is 4.10. The van der Waals surface area contributed by atoms with E-state index in [1.165, 1.54) is 17.7 Å². The molecule has 0 radical (unpaired) electrons. The summed E-state index contributed by atoms with van der Waals surface area (Å²) in [7, 11) is -3.42. The average Bonchev–Trinajstić information content (AvgIpc) is 3.16. The second-order valence-electron chi connectivity index (χ2n) is 6.52. The van der Waals surface area contributed by atoms with Crippen molar-refractivity contribution in [2.45, 2.75) is 25.0 Å². The van der Waals surface area contributed by atoms with Gasteiger partial charge in [0.15, 0.2) is 0 Å². The molecule has 24 heavy (non-hydrogen) atoms. The number of carbonyl (C=O) groups is 1. The van der Waals surface area contributed by atoms with Crippen molar-refractivity contribution in [3.63, 3.8) is 0 Å². The van der Waals surface area contributed by atoms with Crippen molar-refractivity contribution in [2.24, 2.45) is 0 Å². The zero-order chi connectivity index (χ0) is 17.3. The van der Waals surface area contributed by atoms with Crippen LogP contribution in [0.1, 0.15) is 23.2 Å². The maximum absolute atomic E-state index is 12.6. The predicted molar refractivity (Wildman–Crippen MR) is 91.6 cm³/mol. The third kappa shape index (κ3) is 3.88. The maximum atomic E-state index is 12.6. The Morgan fingerprint density at radius 2 is 1.79 bits per heavy atom.